The van der Waals surface area contributed by atoms with Gasteiger partial charge in [-0.05, 0) is 24.6 Å². The number of fused-ring (bicyclic) bond motifs is 1. The van der Waals surface area contributed by atoms with E-state index in [4.69, 9.17) is 10.5 Å². The Morgan fingerprint density at radius 3 is 3.18 bits per heavy atom. The van der Waals surface area contributed by atoms with E-state index in [2.05, 4.69) is 5.32 Å². The van der Waals surface area contributed by atoms with Crippen LogP contribution in [0.25, 0.3) is 0 Å². The predicted octanol–water partition coefficient (Wildman–Crippen LogP) is 1.04. The SMILES string of the molecule is Cc1ccc2c(c1)NC(N)O2. The molecule has 0 fully saturated rings. The summed E-state index contributed by atoms with van der Waals surface area (Å²) in [6.07, 6.45) is -0.383. The number of nitrogens with two attached hydrogens (primary N) is 1. The highest BCUT2D eigenvalue weighted by atomic mass is 16.5. The van der Waals surface area contributed by atoms with E-state index in [-0.39, 0.29) is 6.35 Å². The summed E-state index contributed by atoms with van der Waals surface area (Å²) in [4.78, 5) is 0. The number of rotatable bonds is 0. The Hall–Kier alpha value is -1.22. The summed E-state index contributed by atoms with van der Waals surface area (Å²) in [5.74, 6) is 0.836. The van der Waals surface area contributed by atoms with E-state index in [9.17, 15) is 0 Å². The Morgan fingerprint density at radius 2 is 2.36 bits per heavy atom. The van der Waals surface area contributed by atoms with E-state index >= 15 is 0 Å². The summed E-state index contributed by atoms with van der Waals surface area (Å²) in [7, 11) is 0. The van der Waals surface area contributed by atoms with Gasteiger partial charge in [0, 0.05) is 0 Å². The molecule has 0 saturated heterocycles. The molecule has 1 atom stereocenters. The second kappa shape index (κ2) is 2.13. The first-order valence-electron chi connectivity index (χ1n) is 3.55. The Bertz CT molecular complexity index is 285. The summed E-state index contributed by atoms with van der Waals surface area (Å²) >= 11 is 0. The number of hydrogen-bond donors (Lipinski definition) is 2. The molecule has 2 rings (SSSR count). The third-order valence-electron chi connectivity index (χ3n) is 1.69. The van der Waals surface area contributed by atoms with E-state index in [0.717, 1.165) is 11.4 Å². The molecule has 3 nitrogen and oxygen atoms in total. The molecule has 0 spiro atoms. The van der Waals surface area contributed by atoms with Crippen molar-refractivity contribution in [2.75, 3.05) is 5.32 Å². The monoisotopic (exact) mass is 150 g/mol. The fourth-order valence-corrected chi connectivity index (χ4v) is 1.18. The molecule has 0 aliphatic carbocycles. The molecule has 0 bridgehead atoms. The molecule has 3 N–H and O–H groups in total. The van der Waals surface area contributed by atoms with Crippen molar-refractivity contribution in [1.29, 1.82) is 0 Å². The Kier molecular flexibility index (Phi) is 1.26. The third-order valence-corrected chi connectivity index (χ3v) is 1.69. The van der Waals surface area contributed by atoms with Crippen LogP contribution in [0.5, 0.6) is 5.75 Å². The van der Waals surface area contributed by atoms with Crippen LogP contribution in [-0.2, 0) is 0 Å². The Balaban J connectivity index is 2.43. The summed E-state index contributed by atoms with van der Waals surface area (Å²) < 4.78 is 5.23. The molecule has 1 aliphatic heterocycles. The average Bonchev–Trinajstić information content (AvgIpc) is 2.27. The summed E-state index contributed by atoms with van der Waals surface area (Å²) in [5.41, 5.74) is 7.69. The predicted molar refractivity (Wildman–Crippen MR) is 43.4 cm³/mol. The maximum Gasteiger partial charge on any atom is 0.225 e. The number of hydrogen-bond acceptors (Lipinski definition) is 3. The number of benzene rings is 1. The molecule has 0 saturated carbocycles. The minimum atomic E-state index is -0.383. The van der Waals surface area contributed by atoms with Crippen molar-refractivity contribution >= 4 is 5.69 Å². The average molecular weight is 150 g/mol. The molecule has 1 aromatic rings. The van der Waals surface area contributed by atoms with Gasteiger partial charge in [-0.1, -0.05) is 6.07 Å². The highest BCUT2D eigenvalue weighted by molar-refractivity contribution is 5.60. The molecule has 58 valence electrons. The fraction of sp³-hybridized carbons (Fsp3) is 0.250. The lowest BCUT2D eigenvalue weighted by atomic mass is 10.2. The highest BCUT2D eigenvalue weighted by Crippen LogP contribution is 2.30. The lowest BCUT2D eigenvalue weighted by Gasteiger charge is -2.00. The van der Waals surface area contributed by atoms with Gasteiger partial charge in [-0.2, -0.15) is 0 Å². The van der Waals surface area contributed by atoms with Crippen molar-refractivity contribution in [3.63, 3.8) is 0 Å². The van der Waals surface area contributed by atoms with E-state index in [0.29, 0.717) is 0 Å². The van der Waals surface area contributed by atoms with Gasteiger partial charge in [0.05, 0.1) is 5.69 Å². The number of nitrogens with one attached hydrogen (secondary N) is 1. The number of ether oxygens (including phenoxy) is 1. The number of anilines is 1. The second-order valence-corrected chi connectivity index (χ2v) is 2.68. The van der Waals surface area contributed by atoms with Gasteiger partial charge in [-0.15, -0.1) is 0 Å². The quantitative estimate of drug-likeness (QED) is 0.581. The highest BCUT2D eigenvalue weighted by Gasteiger charge is 2.16. The van der Waals surface area contributed by atoms with E-state index in [1.165, 1.54) is 5.56 Å². The van der Waals surface area contributed by atoms with Gasteiger partial charge in [-0.25, -0.2) is 0 Å². The molecule has 0 amide bonds. The smallest absolute Gasteiger partial charge is 0.225 e. The van der Waals surface area contributed by atoms with Crippen LogP contribution >= 0.6 is 0 Å². The minimum absolute atomic E-state index is 0.383. The first-order valence-corrected chi connectivity index (χ1v) is 3.55. The molecular weight excluding hydrogens is 140 g/mol. The maximum absolute atomic E-state index is 5.50. The van der Waals surface area contributed by atoms with Gasteiger partial charge >= 0.3 is 0 Å². The normalized spacial score (nSPS) is 20.4. The van der Waals surface area contributed by atoms with Crippen molar-refractivity contribution in [3.05, 3.63) is 23.8 Å². The van der Waals surface area contributed by atoms with Crippen molar-refractivity contribution < 1.29 is 4.74 Å². The van der Waals surface area contributed by atoms with Gasteiger partial charge in [0.25, 0.3) is 0 Å². The van der Waals surface area contributed by atoms with Crippen molar-refractivity contribution in [2.45, 2.75) is 13.3 Å². The van der Waals surface area contributed by atoms with Crippen molar-refractivity contribution in [2.24, 2.45) is 5.73 Å². The van der Waals surface area contributed by atoms with Crippen LogP contribution in [0.4, 0.5) is 5.69 Å². The maximum atomic E-state index is 5.50. The van der Waals surface area contributed by atoms with Crippen LogP contribution in [0.15, 0.2) is 18.2 Å². The Labute approximate surface area is 65.2 Å². The van der Waals surface area contributed by atoms with Crippen LogP contribution < -0.4 is 15.8 Å². The molecule has 11 heavy (non-hydrogen) atoms. The van der Waals surface area contributed by atoms with E-state index in [1.54, 1.807) is 0 Å². The zero-order valence-corrected chi connectivity index (χ0v) is 6.29. The molecule has 0 radical (unpaired) electrons. The number of aryl methyl sites for hydroxylation is 1. The largest absolute Gasteiger partial charge is 0.456 e. The van der Waals surface area contributed by atoms with E-state index < -0.39 is 0 Å². The Morgan fingerprint density at radius 1 is 1.55 bits per heavy atom. The lowest BCUT2D eigenvalue weighted by molar-refractivity contribution is 0.262. The zero-order valence-electron chi connectivity index (χ0n) is 6.29. The molecule has 1 aliphatic rings. The third kappa shape index (κ3) is 1.03. The van der Waals surface area contributed by atoms with Crippen LogP contribution in [-0.4, -0.2) is 6.35 Å². The standard InChI is InChI=1S/C8H10N2O/c1-5-2-3-7-6(4-5)10-8(9)11-7/h2-4,8,10H,9H2,1H3. The molecule has 3 heteroatoms. The summed E-state index contributed by atoms with van der Waals surface area (Å²) in [5, 5.41) is 2.99. The molecule has 0 aromatic heterocycles. The van der Waals surface area contributed by atoms with Crippen LogP contribution in [0.2, 0.25) is 0 Å². The molecule has 1 heterocycles. The van der Waals surface area contributed by atoms with E-state index in [1.807, 2.05) is 25.1 Å². The molecular formula is C8H10N2O. The van der Waals surface area contributed by atoms with Gasteiger partial charge in [0.2, 0.25) is 6.35 Å². The van der Waals surface area contributed by atoms with Crippen molar-refractivity contribution in [3.8, 4) is 5.75 Å². The van der Waals surface area contributed by atoms with Crippen LogP contribution in [0.3, 0.4) is 0 Å². The van der Waals surface area contributed by atoms with Gasteiger partial charge in [-0.3, -0.25) is 5.73 Å². The van der Waals surface area contributed by atoms with Crippen LogP contribution in [0, 0.1) is 6.92 Å². The molecule has 1 aromatic carbocycles. The fourth-order valence-electron chi connectivity index (χ4n) is 1.18. The van der Waals surface area contributed by atoms with Gasteiger partial charge < -0.3 is 10.1 Å². The summed E-state index contributed by atoms with van der Waals surface area (Å²) in [6.45, 7) is 2.03. The van der Waals surface area contributed by atoms with Crippen LogP contribution in [0.1, 0.15) is 5.56 Å². The summed E-state index contributed by atoms with van der Waals surface area (Å²) in [6, 6.07) is 5.94. The van der Waals surface area contributed by atoms with Gasteiger partial charge in [0.1, 0.15) is 5.75 Å². The van der Waals surface area contributed by atoms with Gasteiger partial charge in [0.15, 0.2) is 0 Å². The first kappa shape index (κ1) is 6.49. The minimum Gasteiger partial charge on any atom is -0.456 e. The van der Waals surface area contributed by atoms with Crippen molar-refractivity contribution in [1.82, 2.24) is 0 Å². The lowest BCUT2D eigenvalue weighted by Crippen LogP contribution is -2.30. The second-order valence-electron chi connectivity index (χ2n) is 2.68. The first-order chi connectivity index (χ1) is 5.25. The molecule has 1 unspecified atom stereocenters. The zero-order chi connectivity index (χ0) is 7.84. The topological polar surface area (TPSA) is 47.3 Å².